The van der Waals surface area contributed by atoms with Crippen LogP contribution >= 0.6 is 0 Å². The standard InChI is InChI=1S/C22H25N5O2/c1-3-15(4-2)22(28)27-13-18(17-6-5-9-24-12-17)19(14-27)21-25-20(26-29-21)16-7-10-23-11-8-16/h5-12,15,18-19H,3-4,13-14H2,1-2H3/t18-,19+/m0/s1. The van der Waals surface area contributed by atoms with Crippen LogP contribution in [-0.2, 0) is 4.79 Å². The Morgan fingerprint density at radius 2 is 1.86 bits per heavy atom. The minimum atomic E-state index is -0.0550. The highest BCUT2D eigenvalue weighted by atomic mass is 16.5. The van der Waals surface area contributed by atoms with E-state index < -0.39 is 0 Å². The Morgan fingerprint density at radius 1 is 1.10 bits per heavy atom. The summed E-state index contributed by atoms with van der Waals surface area (Å²) in [7, 11) is 0. The van der Waals surface area contributed by atoms with Gasteiger partial charge in [0, 0.05) is 55.3 Å². The number of nitrogens with zero attached hydrogens (tertiary/aromatic N) is 5. The molecule has 0 aromatic carbocycles. The zero-order valence-electron chi connectivity index (χ0n) is 16.7. The van der Waals surface area contributed by atoms with Crippen molar-refractivity contribution in [3.05, 3.63) is 60.5 Å². The van der Waals surface area contributed by atoms with Gasteiger partial charge in [0.15, 0.2) is 0 Å². The van der Waals surface area contributed by atoms with Gasteiger partial charge in [0.25, 0.3) is 0 Å². The Labute approximate surface area is 170 Å². The van der Waals surface area contributed by atoms with E-state index in [0.29, 0.717) is 24.8 Å². The van der Waals surface area contributed by atoms with Gasteiger partial charge in [0.2, 0.25) is 17.6 Å². The van der Waals surface area contributed by atoms with E-state index in [1.807, 2.05) is 29.3 Å². The lowest BCUT2D eigenvalue weighted by molar-refractivity contribution is -0.134. The second kappa shape index (κ2) is 8.51. The zero-order valence-corrected chi connectivity index (χ0v) is 16.7. The van der Waals surface area contributed by atoms with E-state index >= 15 is 0 Å². The van der Waals surface area contributed by atoms with E-state index in [2.05, 4.69) is 40.0 Å². The van der Waals surface area contributed by atoms with Crippen molar-refractivity contribution in [1.82, 2.24) is 25.0 Å². The Balaban J connectivity index is 1.64. The quantitative estimate of drug-likeness (QED) is 0.637. The van der Waals surface area contributed by atoms with Crippen LogP contribution < -0.4 is 0 Å². The first-order chi connectivity index (χ1) is 14.2. The predicted octanol–water partition coefficient (Wildman–Crippen LogP) is 3.67. The summed E-state index contributed by atoms with van der Waals surface area (Å²) >= 11 is 0. The fourth-order valence-electron chi connectivity index (χ4n) is 4.07. The molecule has 0 radical (unpaired) electrons. The molecule has 3 aromatic heterocycles. The Morgan fingerprint density at radius 3 is 2.55 bits per heavy atom. The van der Waals surface area contributed by atoms with Gasteiger partial charge in [-0.2, -0.15) is 4.98 Å². The van der Waals surface area contributed by atoms with Crippen LogP contribution in [0.25, 0.3) is 11.4 Å². The number of rotatable bonds is 6. The lowest BCUT2D eigenvalue weighted by atomic mass is 9.90. The predicted molar refractivity (Wildman–Crippen MR) is 108 cm³/mol. The summed E-state index contributed by atoms with van der Waals surface area (Å²) in [5.41, 5.74) is 1.94. The second-order valence-corrected chi connectivity index (χ2v) is 7.45. The van der Waals surface area contributed by atoms with Gasteiger partial charge in [-0.15, -0.1) is 0 Å². The number of carbonyl (C=O) groups is 1. The van der Waals surface area contributed by atoms with Gasteiger partial charge in [-0.05, 0) is 36.6 Å². The maximum atomic E-state index is 13.0. The van der Waals surface area contributed by atoms with Gasteiger partial charge < -0.3 is 9.42 Å². The van der Waals surface area contributed by atoms with Gasteiger partial charge in [0.05, 0.1) is 5.92 Å². The van der Waals surface area contributed by atoms with E-state index in [4.69, 9.17) is 4.52 Å². The molecule has 29 heavy (non-hydrogen) atoms. The fraction of sp³-hybridized carbons (Fsp3) is 0.409. The molecule has 1 saturated heterocycles. The average molecular weight is 391 g/mol. The van der Waals surface area contributed by atoms with E-state index in [-0.39, 0.29) is 23.7 Å². The molecule has 0 saturated carbocycles. The second-order valence-electron chi connectivity index (χ2n) is 7.45. The molecule has 7 nitrogen and oxygen atoms in total. The maximum Gasteiger partial charge on any atom is 0.232 e. The topological polar surface area (TPSA) is 85.0 Å². The number of likely N-dealkylation sites (tertiary alicyclic amines) is 1. The highest BCUT2D eigenvalue weighted by molar-refractivity contribution is 5.79. The molecule has 1 amide bonds. The highest BCUT2D eigenvalue weighted by Gasteiger charge is 2.41. The molecule has 0 N–H and O–H groups in total. The van der Waals surface area contributed by atoms with Gasteiger partial charge >= 0.3 is 0 Å². The Hall–Kier alpha value is -3.09. The van der Waals surface area contributed by atoms with Gasteiger partial charge in [0.1, 0.15) is 0 Å². The van der Waals surface area contributed by atoms with Crippen LogP contribution in [0.15, 0.2) is 53.6 Å². The molecule has 2 atom stereocenters. The van der Waals surface area contributed by atoms with Crippen molar-refractivity contribution in [3.8, 4) is 11.4 Å². The molecule has 0 bridgehead atoms. The third-order valence-corrected chi connectivity index (χ3v) is 5.78. The number of carbonyl (C=O) groups excluding carboxylic acids is 1. The molecule has 1 aliphatic heterocycles. The molecule has 150 valence electrons. The van der Waals surface area contributed by atoms with Crippen LogP contribution in [0.1, 0.15) is 50.0 Å². The largest absolute Gasteiger partial charge is 0.341 e. The molecular weight excluding hydrogens is 366 g/mol. The van der Waals surface area contributed by atoms with Crippen molar-refractivity contribution >= 4 is 5.91 Å². The summed E-state index contributed by atoms with van der Waals surface area (Å²) in [6.07, 6.45) is 8.73. The molecule has 0 spiro atoms. The molecule has 0 unspecified atom stereocenters. The number of hydrogen-bond donors (Lipinski definition) is 0. The van der Waals surface area contributed by atoms with Crippen LogP contribution in [-0.4, -0.2) is 44.0 Å². The summed E-state index contributed by atoms with van der Waals surface area (Å²) in [6.45, 7) is 5.35. The normalized spacial score (nSPS) is 19.1. The summed E-state index contributed by atoms with van der Waals surface area (Å²) in [4.78, 5) is 27.9. The summed E-state index contributed by atoms with van der Waals surface area (Å²) in [5.74, 6) is 1.38. The highest BCUT2D eigenvalue weighted by Crippen LogP contribution is 2.40. The van der Waals surface area contributed by atoms with Crippen molar-refractivity contribution in [2.75, 3.05) is 13.1 Å². The first-order valence-corrected chi connectivity index (χ1v) is 10.1. The number of amides is 1. The Bertz CT molecular complexity index is 940. The Kier molecular flexibility index (Phi) is 5.64. The average Bonchev–Trinajstić information content (AvgIpc) is 3.43. The molecule has 1 aliphatic rings. The smallest absolute Gasteiger partial charge is 0.232 e. The minimum absolute atomic E-state index is 0.0540. The van der Waals surface area contributed by atoms with Crippen molar-refractivity contribution in [3.63, 3.8) is 0 Å². The molecule has 4 rings (SSSR count). The van der Waals surface area contributed by atoms with Crippen LogP contribution in [0.5, 0.6) is 0 Å². The summed E-state index contributed by atoms with van der Waals surface area (Å²) in [5, 5.41) is 4.16. The van der Waals surface area contributed by atoms with Crippen molar-refractivity contribution in [2.24, 2.45) is 5.92 Å². The van der Waals surface area contributed by atoms with E-state index in [1.54, 1.807) is 18.6 Å². The van der Waals surface area contributed by atoms with Crippen molar-refractivity contribution in [2.45, 2.75) is 38.5 Å². The summed E-state index contributed by atoms with van der Waals surface area (Å²) < 4.78 is 5.66. The molecular formula is C22H25N5O2. The monoisotopic (exact) mass is 391 g/mol. The number of pyridine rings is 2. The number of hydrogen-bond acceptors (Lipinski definition) is 6. The maximum absolute atomic E-state index is 13.0. The van der Waals surface area contributed by atoms with Crippen LogP contribution in [0, 0.1) is 5.92 Å². The molecule has 0 aliphatic carbocycles. The van der Waals surface area contributed by atoms with Gasteiger partial charge in [-0.25, -0.2) is 0 Å². The first-order valence-electron chi connectivity index (χ1n) is 10.1. The third-order valence-electron chi connectivity index (χ3n) is 5.78. The molecule has 7 heteroatoms. The SMILES string of the molecule is CCC(CC)C(=O)N1C[C@@H](c2cccnc2)[C@H](c2nc(-c3ccncc3)no2)C1. The van der Waals surface area contributed by atoms with Crippen LogP contribution in [0.2, 0.25) is 0 Å². The van der Waals surface area contributed by atoms with E-state index in [9.17, 15) is 4.79 Å². The molecule has 4 heterocycles. The lowest BCUT2D eigenvalue weighted by Gasteiger charge is -2.21. The fourth-order valence-corrected chi connectivity index (χ4v) is 4.07. The van der Waals surface area contributed by atoms with Crippen molar-refractivity contribution < 1.29 is 9.32 Å². The zero-order chi connectivity index (χ0) is 20.2. The first kappa shape index (κ1) is 19.2. The van der Waals surface area contributed by atoms with Crippen LogP contribution in [0.3, 0.4) is 0 Å². The summed E-state index contributed by atoms with van der Waals surface area (Å²) in [6, 6.07) is 7.68. The van der Waals surface area contributed by atoms with E-state index in [1.165, 1.54) is 0 Å². The molecule has 3 aromatic rings. The molecule has 1 fully saturated rings. The third kappa shape index (κ3) is 3.90. The van der Waals surface area contributed by atoms with Gasteiger partial charge in [-0.1, -0.05) is 25.1 Å². The lowest BCUT2D eigenvalue weighted by Crippen LogP contribution is -2.34. The minimum Gasteiger partial charge on any atom is -0.341 e. The van der Waals surface area contributed by atoms with Gasteiger partial charge in [-0.3, -0.25) is 14.8 Å². The number of aromatic nitrogens is 4. The van der Waals surface area contributed by atoms with Crippen LogP contribution in [0.4, 0.5) is 0 Å². The van der Waals surface area contributed by atoms with Crippen molar-refractivity contribution in [1.29, 1.82) is 0 Å². The van der Waals surface area contributed by atoms with E-state index in [0.717, 1.165) is 24.0 Å².